The Morgan fingerprint density at radius 2 is 1.85 bits per heavy atom. The molecule has 1 N–H and O–H groups in total. The molecule has 100 valence electrons. The SMILES string of the molecule is COc1ccc2cc(c3ccccc3cc1)CNC2=O. The number of amides is 1. The van der Waals surface area contributed by atoms with E-state index in [1.54, 1.807) is 19.2 Å². The molecule has 3 heteroatoms. The zero-order valence-corrected chi connectivity index (χ0v) is 11.2. The van der Waals surface area contributed by atoms with E-state index in [1.165, 1.54) is 0 Å². The number of fused-ring (bicyclic) bond motifs is 4. The Hall–Kier alpha value is -2.55. The maximum atomic E-state index is 11.9. The van der Waals surface area contributed by atoms with E-state index in [-0.39, 0.29) is 5.91 Å². The third-order valence-corrected chi connectivity index (χ3v) is 3.43. The highest BCUT2D eigenvalue weighted by Gasteiger charge is 2.11. The molecule has 0 unspecified atom stereocenters. The van der Waals surface area contributed by atoms with Crippen molar-refractivity contribution in [1.29, 1.82) is 0 Å². The lowest BCUT2D eigenvalue weighted by Crippen LogP contribution is -2.26. The molecule has 3 rings (SSSR count). The van der Waals surface area contributed by atoms with Crippen LogP contribution in [0.1, 0.15) is 15.9 Å². The molecule has 2 aromatic rings. The molecule has 3 nitrogen and oxygen atoms in total. The van der Waals surface area contributed by atoms with Crippen LogP contribution in [0.15, 0.2) is 54.6 Å². The quantitative estimate of drug-likeness (QED) is 0.859. The minimum atomic E-state index is -0.0533. The summed E-state index contributed by atoms with van der Waals surface area (Å²) in [7, 11) is 1.62. The molecule has 2 aromatic carbocycles. The predicted molar refractivity (Wildman–Crippen MR) is 79.3 cm³/mol. The highest BCUT2D eigenvalue weighted by atomic mass is 16.5. The van der Waals surface area contributed by atoms with Crippen LogP contribution in [-0.2, 0) is 6.54 Å². The normalized spacial score (nSPS) is 12.6. The molecule has 0 aromatic heterocycles. The minimum absolute atomic E-state index is 0.0533. The molecular formula is C17H15NO2. The third-order valence-electron chi connectivity index (χ3n) is 3.43. The van der Waals surface area contributed by atoms with Gasteiger partial charge in [0.15, 0.2) is 0 Å². The Kier molecular flexibility index (Phi) is 3.25. The Morgan fingerprint density at radius 3 is 2.70 bits per heavy atom. The summed E-state index contributed by atoms with van der Waals surface area (Å²) in [5, 5.41) is 5.15. The average Bonchev–Trinajstić information content (AvgIpc) is 2.49. The van der Waals surface area contributed by atoms with Gasteiger partial charge in [0.1, 0.15) is 5.75 Å². The molecule has 0 atom stereocenters. The van der Waals surface area contributed by atoms with Crippen LogP contribution in [0.3, 0.4) is 0 Å². The lowest BCUT2D eigenvalue weighted by Gasteiger charge is -2.13. The summed E-state index contributed by atoms with van der Waals surface area (Å²) in [4.78, 5) is 11.9. The lowest BCUT2D eigenvalue weighted by atomic mass is 10.0. The van der Waals surface area contributed by atoms with Gasteiger partial charge in [-0.2, -0.15) is 0 Å². The summed E-state index contributed by atoms with van der Waals surface area (Å²) in [6.45, 7) is 0.557. The van der Waals surface area contributed by atoms with Crippen molar-refractivity contribution in [3.63, 3.8) is 0 Å². The number of nitrogens with one attached hydrogen (secondary N) is 1. The first-order chi connectivity index (χ1) is 9.78. The Labute approximate surface area is 117 Å². The first kappa shape index (κ1) is 12.5. The smallest absolute Gasteiger partial charge is 0.251 e. The van der Waals surface area contributed by atoms with Gasteiger partial charge < -0.3 is 10.1 Å². The molecule has 1 amide bonds. The van der Waals surface area contributed by atoms with E-state index in [9.17, 15) is 4.79 Å². The fourth-order valence-electron chi connectivity index (χ4n) is 2.35. The van der Waals surface area contributed by atoms with Crippen LogP contribution in [0.5, 0.6) is 5.75 Å². The van der Waals surface area contributed by atoms with Crippen LogP contribution in [0.4, 0.5) is 0 Å². The first-order valence-corrected chi connectivity index (χ1v) is 6.50. The number of rotatable bonds is 1. The Balaban J connectivity index is 2.42. The zero-order valence-electron chi connectivity index (χ0n) is 11.2. The molecule has 0 saturated carbocycles. The maximum absolute atomic E-state index is 11.9. The topological polar surface area (TPSA) is 38.3 Å². The van der Waals surface area contributed by atoms with Crippen LogP contribution < -0.4 is 10.1 Å². The van der Waals surface area contributed by atoms with Crippen molar-refractivity contribution in [1.82, 2.24) is 5.32 Å². The number of carbonyl (C=O) groups excluding carboxylic acids is 1. The van der Waals surface area contributed by atoms with E-state index >= 15 is 0 Å². The molecule has 0 fully saturated rings. The Morgan fingerprint density at radius 1 is 1.05 bits per heavy atom. The number of ether oxygens (including phenoxy) is 1. The van der Waals surface area contributed by atoms with Gasteiger partial charge >= 0.3 is 0 Å². The maximum Gasteiger partial charge on any atom is 0.251 e. The third kappa shape index (κ3) is 2.30. The molecule has 1 heterocycles. The second kappa shape index (κ2) is 5.21. The molecule has 0 aliphatic carbocycles. The van der Waals surface area contributed by atoms with Gasteiger partial charge in [-0.15, -0.1) is 0 Å². The molecule has 1 aliphatic rings. The van der Waals surface area contributed by atoms with Gasteiger partial charge in [0.05, 0.1) is 7.11 Å². The minimum Gasteiger partial charge on any atom is -0.497 e. The number of benzene rings is 1. The van der Waals surface area contributed by atoms with Crippen molar-refractivity contribution < 1.29 is 9.53 Å². The standard InChI is InChI=1S/C17H15NO2/c1-20-15-8-6-12-4-2-3-5-16(12)14-10-13(7-9-15)17(19)18-11-14/h2-10H,11H2,1H3,(H,18,19). The summed E-state index contributed by atoms with van der Waals surface area (Å²) in [6, 6.07) is 17.6. The molecular weight excluding hydrogens is 250 g/mol. The van der Waals surface area contributed by atoms with Crippen molar-refractivity contribution >= 4 is 16.7 Å². The van der Waals surface area contributed by atoms with E-state index in [1.807, 2.05) is 30.3 Å². The fraction of sp³-hybridized carbons (Fsp3) is 0.118. The van der Waals surface area contributed by atoms with E-state index in [2.05, 4.69) is 17.4 Å². The number of methoxy groups -OCH3 is 1. The van der Waals surface area contributed by atoms with Crippen LogP contribution in [0.2, 0.25) is 0 Å². The van der Waals surface area contributed by atoms with Crippen molar-refractivity contribution in [2.24, 2.45) is 0 Å². The second-order valence-electron chi connectivity index (χ2n) is 4.67. The van der Waals surface area contributed by atoms with E-state index in [0.717, 1.165) is 16.3 Å². The van der Waals surface area contributed by atoms with Gasteiger partial charge in [-0.25, -0.2) is 0 Å². The van der Waals surface area contributed by atoms with Crippen LogP contribution in [0.25, 0.3) is 10.8 Å². The monoisotopic (exact) mass is 265 g/mol. The lowest BCUT2D eigenvalue weighted by molar-refractivity contribution is 0.0947. The summed E-state index contributed by atoms with van der Waals surface area (Å²) in [5.74, 6) is 0.657. The second-order valence-corrected chi connectivity index (χ2v) is 4.67. The highest BCUT2D eigenvalue weighted by molar-refractivity contribution is 5.97. The van der Waals surface area contributed by atoms with E-state index < -0.39 is 0 Å². The van der Waals surface area contributed by atoms with Gasteiger partial charge in [-0.05, 0) is 40.6 Å². The Bertz CT molecular complexity index is 736. The van der Waals surface area contributed by atoms with Crippen LogP contribution in [-0.4, -0.2) is 13.0 Å². The molecule has 0 radical (unpaired) electrons. The molecule has 20 heavy (non-hydrogen) atoms. The predicted octanol–water partition coefficient (Wildman–Crippen LogP) is 3.22. The molecule has 2 bridgehead atoms. The van der Waals surface area contributed by atoms with Gasteiger partial charge in [-0.1, -0.05) is 30.3 Å². The van der Waals surface area contributed by atoms with Gasteiger partial charge in [0.2, 0.25) is 0 Å². The fourth-order valence-corrected chi connectivity index (χ4v) is 2.35. The van der Waals surface area contributed by atoms with Crippen LogP contribution >= 0.6 is 0 Å². The summed E-state index contributed by atoms with van der Waals surface area (Å²) < 4.78 is 5.29. The number of hydrogen-bond donors (Lipinski definition) is 1. The molecule has 0 spiro atoms. The highest BCUT2D eigenvalue weighted by Crippen LogP contribution is 2.20. The van der Waals surface area contributed by atoms with E-state index in [0.29, 0.717) is 17.9 Å². The van der Waals surface area contributed by atoms with Crippen LogP contribution in [0, 0.1) is 0 Å². The summed E-state index contributed by atoms with van der Waals surface area (Å²) >= 11 is 0. The first-order valence-electron chi connectivity index (χ1n) is 6.50. The number of carbonyl (C=O) groups is 1. The van der Waals surface area contributed by atoms with Gasteiger partial charge in [0, 0.05) is 12.1 Å². The largest absolute Gasteiger partial charge is 0.497 e. The molecule has 1 aliphatic heterocycles. The van der Waals surface area contributed by atoms with Gasteiger partial charge in [-0.3, -0.25) is 4.79 Å². The molecule has 0 saturated heterocycles. The summed E-state index contributed by atoms with van der Waals surface area (Å²) in [6.07, 6.45) is 0. The average molecular weight is 265 g/mol. The van der Waals surface area contributed by atoms with Crippen molar-refractivity contribution in [2.75, 3.05) is 7.11 Å². The van der Waals surface area contributed by atoms with Crippen molar-refractivity contribution in [3.8, 4) is 5.75 Å². The van der Waals surface area contributed by atoms with Crippen molar-refractivity contribution in [2.45, 2.75) is 6.54 Å². The zero-order chi connectivity index (χ0) is 13.9. The summed E-state index contributed by atoms with van der Waals surface area (Å²) in [5.41, 5.74) is 1.76. The van der Waals surface area contributed by atoms with E-state index in [4.69, 9.17) is 4.74 Å². The van der Waals surface area contributed by atoms with Crippen molar-refractivity contribution in [3.05, 3.63) is 65.7 Å². The van der Waals surface area contributed by atoms with Gasteiger partial charge in [0.25, 0.3) is 5.91 Å². The number of hydrogen-bond acceptors (Lipinski definition) is 2.